The molecule has 160 valence electrons. The number of fused-ring (bicyclic) bond motifs is 6. The van der Waals surface area contributed by atoms with Crippen LogP contribution in [-0.4, -0.2) is 23.7 Å². The number of hydrogen-bond acceptors (Lipinski definition) is 5. The second-order valence-electron chi connectivity index (χ2n) is 7.89. The van der Waals surface area contributed by atoms with E-state index < -0.39 is 5.72 Å². The monoisotopic (exact) mass is 465 g/mol. The van der Waals surface area contributed by atoms with Gasteiger partial charge >= 0.3 is 5.72 Å². The molecule has 8 heteroatoms. The summed E-state index contributed by atoms with van der Waals surface area (Å²) in [4.78, 5) is 13.5. The van der Waals surface area contributed by atoms with Crippen molar-refractivity contribution < 1.29 is 14.3 Å². The largest absolute Gasteiger partial charge is 0.497 e. The first-order chi connectivity index (χ1) is 15.5. The summed E-state index contributed by atoms with van der Waals surface area (Å²) in [5.41, 5.74) is 2.32. The Hall–Kier alpha value is -3.22. The van der Waals surface area contributed by atoms with Crippen molar-refractivity contribution in [2.75, 3.05) is 12.4 Å². The molecule has 0 radical (unpaired) electrons. The van der Waals surface area contributed by atoms with Gasteiger partial charge in [0.25, 0.3) is 5.91 Å². The normalized spacial score (nSPS) is 22.6. The van der Waals surface area contributed by atoms with E-state index in [1.54, 1.807) is 24.3 Å². The molecule has 0 aliphatic carbocycles. The summed E-state index contributed by atoms with van der Waals surface area (Å²) in [5.74, 6) is 1.05. The number of nitrogens with one attached hydrogen (secondary N) is 1. The number of hydrogen-bond donors (Lipinski definition) is 1. The van der Waals surface area contributed by atoms with Crippen LogP contribution in [0.25, 0.3) is 0 Å². The van der Waals surface area contributed by atoms with Gasteiger partial charge in [0.05, 0.1) is 35.1 Å². The second kappa shape index (κ2) is 6.89. The van der Waals surface area contributed by atoms with Gasteiger partial charge in [0.2, 0.25) is 0 Å². The molecule has 3 aliphatic rings. The van der Waals surface area contributed by atoms with Crippen LogP contribution in [0.2, 0.25) is 10.0 Å². The maximum Gasteiger partial charge on any atom is 0.306 e. The lowest BCUT2D eigenvalue weighted by molar-refractivity contribution is -0.161. The fourth-order valence-corrected chi connectivity index (χ4v) is 5.21. The molecule has 3 aromatic carbocycles. The van der Waals surface area contributed by atoms with Crippen molar-refractivity contribution in [3.05, 3.63) is 87.4 Å². The third kappa shape index (κ3) is 2.60. The van der Waals surface area contributed by atoms with Crippen molar-refractivity contribution in [3.63, 3.8) is 0 Å². The summed E-state index contributed by atoms with van der Waals surface area (Å²) >= 11 is 12.7. The average molecular weight is 466 g/mol. The minimum absolute atomic E-state index is 0.188. The van der Waals surface area contributed by atoms with Crippen molar-refractivity contribution in [1.82, 2.24) is 5.01 Å². The quantitative estimate of drug-likeness (QED) is 0.553. The van der Waals surface area contributed by atoms with Crippen molar-refractivity contribution in [2.45, 2.75) is 18.2 Å². The zero-order chi connectivity index (χ0) is 22.0. The van der Waals surface area contributed by atoms with E-state index in [2.05, 4.69) is 5.32 Å². The number of anilines is 1. The van der Waals surface area contributed by atoms with Crippen molar-refractivity contribution >= 4 is 40.5 Å². The van der Waals surface area contributed by atoms with Gasteiger partial charge in [0.15, 0.2) is 0 Å². The molecular weight excluding hydrogens is 449 g/mol. The lowest BCUT2D eigenvalue weighted by atomic mass is 9.92. The molecule has 1 amide bonds. The van der Waals surface area contributed by atoms with Crippen LogP contribution in [0.15, 0.2) is 65.8 Å². The van der Waals surface area contributed by atoms with E-state index in [1.165, 1.54) is 0 Å². The lowest BCUT2D eigenvalue weighted by Crippen LogP contribution is -2.55. The SMILES string of the molecule is COc1ccc(C2=NN3[C@H](C2)c2ccccc2O[C@]32C(=O)Nc3c(Cl)cc(Cl)cc32)cc1. The van der Waals surface area contributed by atoms with Gasteiger partial charge in [-0.15, -0.1) is 0 Å². The molecule has 1 N–H and O–H groups in total. The summed E-state index contributed by atoms with van der Waals surface area (Å²) < 4.78 is 11.7. The van der Waals surface area contributed by atoms with E-state index in [4.69, 9.17) is 37.8 Å². The number of carbonyl (C=O) groups is 1. The zero-order valence-corrected chi connectivity index (χ0v) is 18.4. The minimum atomic E-state index is -1.50. The highest BCUT2D eigenvalue weighted by atomic mass is 35.5. The Morgan fingerprint density at radius 3 is 2.72 bits per heavy atom. The highest BCUT2D eigenvalue weighted by molar-refractivity contribution is 6.37. The molecule has 1 spiro atoms. The number of amides is 1. The molecule has 3 aliphatic heterocycles. The molecular formula is C24H17Cl2N3O3. The number of ether oxygens (including phenoxy) is 2. The maximum atomic E-state index is 13.5. The van der Waals surface area contributed by atoms with E-state index in [0.29, 0.717) is 33.5 Å². The average Bonchev–Trinajstić information content (AvgIpc) is 3.36. The Balaban J connectivity index is 1.56. The summed E-state index contributed by atoms with van der Waals surface area (Å²) in [6.45, 7) is 0. The Kier molecular flexibility index (Phi) is 4.19. The molecule has 0 fully saturated rings. The molecule has 0 aromatic heterocycles. The summed E-state index contributed by atoms with van der Waals surface area (Å²) in [6, 6.07) is 18.6. The molecule has 6 rings (SSSR count). The lowest BCUT2D eigenvalue weighted by Gasteiger charge is -2.44. The van der Waals surface area contributed by atoms with Gasteiger partial charge in [-0.05, 0) is 48.0 Å². The summed E-state index contributed by atoms with van der Waals surface area (Å²) in [5, 5.41) is 10.3. The van der Waals surface area contributed by atoms with Crippen LogP contribution in [0, 0.1) is 0 Å². The molecule has 3 aromatic rings. The van der Waals surface area contributed by atoms with Crippen LogP contribution in [0.3, 0.4) is 0 Å². The first kappa shape index (κ1) is 19.5. The van der Waals surface area contributed by atoms with Gasteiger partial charge in [-0.25, -0.2) is 5.01 Å². The first-order valence-electron chi connectivity index (χ1n) is 10.1. The van der Waals surface area contributed by atoms with Gasteiger partial charge in [-0.3, -0.25) is 4.79 Å². The van der Waals surface area contributed by atoms with Crippen molar-refractivity contribution in [2.24, 2.45) is 5.10 Å². The molecule has 32 heavy (non-hydrogen) atoms. The number of halogens is 2. The fourth-order valence-electron chi connectivity index (χ4n) is 4.67. The fraction of sp³-hybridized carbons (Fsp3) is 0.167. The zero-order valence-electron chi connectivity index (χ0n) is 16.9. The molecule has 2 atom stereocenters. The van der Waals surface area contributed by atoms with Crippen molar-refractivity contribution in [1.29, 1.82) is 0 Å². The highest BCUT2D eigenvalue weighted by Gasteiger charge is 2.61. The standard InChI is InChI=1S/C24H17Cl2N3O3/c1-31-15-8-6-13(7-9-15)19-12-20-16-4-2-3-5-21(16)32-24(29(20)28-19)17-10-14(25)11-18(26)22(17)27-23(24)30/h2-11,20H,12H2,1H3,(H,27,30)/t20-,24-/m1/s1. The molecule has 3 heterocycles. The van der Waals surface area contributed by atoms with E-state index in [9.17, 15) is 4.79 Å². The van der Waals surface area contributed by atoms with E-state index in [1.807, 2.05) is 48.5 Å². The smallest absolute Gasteiger partial charge is 0.306 e. The Morgan fingerprint density at radius 1 is 1.16 bits per heavy atom. The van der Waals surface area contributed by atoms with E-state index in [-0.39, 0.29) is 11.9 Å². The van der Waals surface area contributed by atoms with Gasteiger partial charge < -0.3 is 14.8 Å². The number of hydrazone groups is 1. The highest BCUT2D eigenvalue weighted by Crippen LogP contribution is 2.55. The Morgan fingerprint density at radius 2 is 1.94 bits per heavy atom. The number of carbonyl (C=O) groups excluding carboxylic acids is 1. The van der Waals surface area contributed by atoms with Gasteiger partial charge in [-0.1, -0.05) is 41.4 Å². The van der Waals surface area contributed by atoms with Gasteiger partial charge in [0.1, 0.15) is 11.5 Å². The first-order valence-corrected chi connectivity index (χ1v) is 10.9. The summed E-state index contributed by atoms with van der Waals surface area (Å²) in [7, 11) is 1.63. The van der Waals surface area contributed by atoms with Gasteiger partial charge in [0, 0.05) is 17.0 Å². The summed E-state index contributed by atoms with van der Waals surface area (Å²) in [6.07, 6.45) is 0.616. The van der Waals surface area contributed by atoms with E-state index >= 15 is 0 Å². The Labute approximate surface area is 194 Å². The van der Waals surface area contributed by atoms with Crippen LogP contribution in [-0.2, 0) is 10.5 Å². The molecule has 0 bridgehead atoms. The third-order valence-corrected chi connectivity index (χ3v) is 6.67. The number of nitrogens with zero attached hydrogens (tertiary/aromatic N) is 2. The Bertz CT molecular complexity index is 1310. The number of rotatable bonds is 2. The topological polar surface area (TPSA) is 63.2 Å². The molecule has 6 nitrogen and oxygen atoms in total. The molecule has 0 saturated heterocycles. The number of benzene rings is 3. The molecule has 0 saturated carbocycles. The van der Waals surface area contributed by atoms with Gasteiger partial charge in [-0.2, -0.15) is 5.10 Å². The maximum absolute atomic E-state index is 13.5. The number of methoxy groups -OCH3 is 1. The van der Waals surface area contributed by atoms with Crippen LogP contribution in [0.1, 0.15) is 29.2 Å². The molecule has 0 unspecified atom stereocenters. The van der Waals surface area contributed by atoms with Crippen molar-refractivity contribution in [3.8, 4) is 11.5 Å². The van der Waals surface area contributed by atoms with E-state index in [0.717, 1.165) is 22.6 Å². The minimum Gasteiger partial charge on any atom is -0.497 e. The van der Waals surface area contributed by atoms with Crippen LogP contribution in [0.4, 0.5) is 5.69 Å². The predicted octanol–water partition coefficient (Wildman–Crippen LogP) is 5.35. The third-order valence-electron chi connectivity index (χ3n) is 6.16. The second-order valence-corrected chi connectivity index (χ2v) is 8.73. The van der Waals surface area contributed by atoms with Crippen LogP contribution < -0.4 is 14.8 Å². The van der Waals surface area contributed by atoms with Crippen LogP contribution in [0.5, 0.6) is 11.5 Å². The van der Waals surface area contributed by atoms with Crippen LogP contribution >= 0.6 is 23.2 Å². The number of para-hydroxylation sites is 1. The predicted molar refractivity (Wildman–Crippen MR) is 123 cm³/mol.